The molecule has 4 rings (SSSR count). The third-order valence-electron chi connectivity index (χ3n) is 5.39. The van der Waals surface area contributed by atoms with Gasteiger partial charge in [-0.2, -0.15) is 4.98 Å². The lowest BCUT2D eigenvalue weighted by Gasteiger charge is -2.38. The molecule has 7 nitrogen and oxygen atoms in total. The monoisotopic (exact) mass is 425 g/mol. The zero-order valence-corrected chi connectivity index (χ0v) is 17.3. The van der Waals surface area contributed by atoms with Crippen LogP contribution in [0.2, 0.25) is 0 Å². The number of aryl methyl sites for hydroxylation is 1. The van der Waals surface area contributed by atoms with Crippen molar-refractivity contribution in [1.29, 1.82) is 0 Å². The summed E-state index contributed by atoms with van der Waals surface area (Å²) < 4.78 is 29.6. The molecule has 0 atom stereocenters. The fraction of sp³-hybridized carbons (Fsp3) is 0.348. The second-order valence-electron chi connectivity index (χ2n) is 7.43. The van der Waals surface area contributed by atoms with Crippen LogP contribution in [-0.4, -0.2) is 29.3 Å². The standard InChI is InChI=1S/C23H24FN3O4/c1-2-21-25-20(27-31-21)15-30-19-9-3-16(4-10-19)22(28)26-23(11-13-29-14-12-23)17-5-7-18(24)8-6-17/h3-10H,2,11-15H2,1H3,(H,26,28). The van der Waals surface area contributed by atoms with Crippen molar-refractivity contribution in [2.75, 3.05) is 13.2 Å². The zero-order chi connectivity index (χ0) is 21.7. The summed E-state index contributed by atoms with van der Waals surface area (Å²) in [5.41, 5.74) is 0.790. The minimum atomic E-state index is -0.589. The zero-order valence-electron chi connectivity index (χ0n) is 17.3. The fourth-order valence-corrected chi connectivity index (χ4v) is 3.61. The van der Waals surface area contributed by atoms with Gasteiger partial charge in [0.25, 0.3) is 5.91 Å². The maximum atomic E-state index is 13.4. The normalized spacial score (nSPS) is 15.4. The van der Waals surface area contributed by atoms with Gasteiger partial charge in [0.05, 0.1) is 5.54 Å². The Kier molecular flexibility index (Phi) is 6.27. The van der Waals surface area contributed by atoms with E-state index in [2.05, 4.69) is 15.5 Å². The van der Waals surface area contributed by atoms with Crippen LogP contribution in [0.15, 0.2) is 53.1 Å². The van der Waals surface area contributed by atoms with Crippen LogP contribution in [0.1, 0.15) is 47.4 Å². The van der Waals surface area contributed by atoms with E-state index in [1.165, 1.54) is 12.1 Å². The van der Waals surface area contributed by atoms with E-state index in [-0.39, 0.29) is 18.3 Å². The van der Waals surface area contributed by atoms with Crippen LogP contribution in [0.4, 0.5) is 4.39 Å². The number of carbonyl (C=O) groups is 1. The minimum absolute atomic E-state index is 0.183. The van der Waals surface area contributed by atoms with E-state index in [9.17, 15) is 9.18 Å². The van der Waals surface area contributed by atoms with Gasteiger partial charge >= 0.3 is 0 Å². The highest BCUT2D eigenvalue weighted by molar-refractivity contribution is 5.94. The number of amides is 1. The fourth-order valence-electron chi connectivity index (χ4n) is 3.61. The number of carbonyl (C=O) groups excluding carboxylic acids is 1. The molecule has 1 amide bonds. The quantitative estimate of drug-likeness (QED) is 0.620. The molecule has 1 saturated heterocycles. The lowest BCUT2D eigenvalue weighted by molar-refractivity contribution is 0.0345. The molecule has 1 fully saturated rings. The number of benzene rings is 2. The van der Waals surface area contributed by atoms with E-state index in [1.807, 2.05) is 6.92 Å². The Morgan fingerprint density at radius 1 is 1.13 bits per heavy atom. The first kappa shape index (κ1) is 21.0. The highest BCUT2D eigenvalue weighted by atomic mass is 19.1. The molecule has 0 unspecified atom stereocenters. The van der Waals surface area contributed by atoms with Gasteiger partial charge in [-0.25, -0.2) is 4.39 Å². The van der Waals surface area contributed by atoms with E-state index in [0.29, 0.717) is 55.5 Å². The first-order valence-electron chi connectivity index (χ1n) is 10.3. The molecule has 0 radical (unpaired) electrons. The van der Waals surface area contributed by atoms with Crippen LogP contribution in [0.5, 0.6) is 5.75 Å². The lowest BCUT2D eigenvalue weighted by atomic mass is 9.82. The average Bonchev–Trinajstić information content (AvgIpc) is 3.27. The van der Waals surface area contributed by atoms with E-state index in [4.69, 9.17) is 14.0 Å². The van der Waals surface area contributed by atoms with Crippen molar-refractivity contribution in [3.8, 4) is 5.75 Å². The first-order valence-corrected chi connectivity index (χ1v) is 10.3. The van der Waals surface area contributed by atoms with Crippen molar-refractivity contribution < 1.29 is 23.2 Å². The summed E-state index contributed by atoms with van der Waals surface area (Å²) in [4.78, 5) is 17.2. The van der Waals surface area contributed by atoms with Gasteiger partial charge in [-0.1, -0.05) is 24.2 Å². The van der Waals surface area contributed by atoms with Gasteiger partial charge in [0.1, 0.15) is 11.6 Å². The molecule has 2 heterocycles. The Balaban J connectivity index is 1.43. The maximum Gasteiger partial charge on any atom is 0.251 e. The molecule has 1 aromatic heterocycles. The minimum Gasteiger partial charge on any atom is -0.485 e. The van der Waals surface area contributed by atoms with Crippen molar-refractivity contribution >= 4 is 5.91 Å². The van der Waals surface area contributed by atoms with Gasteiger partial charge < -0.3 is 19.3 Å². The molecular formula is C23H24FN3O4. The molecule has 3 aromatic rings. The van der Waals surface area contributed by atoms with Gasteiger partial charge in [-0.05, 0) is 54.8 Å². The van der Waals surface area contributed by atoms with E-state index < -0.39 is 5.54 Å². The van der Waals surface area contributed by atoms with Gasteiger partial charge in [-0.3, -0.25) is 4.79 Å². The molecule has 2 aromatic carbocycles. The summed E-state index contributed by atoms with van der Waals surface area (Å²) in [6.45, 7) is 3.17. The van der Waals surface area contributed by atoms with Crippen LogP contribution in [0.3, 0.4) is 0 Å². The number of nitrogens with zero attached hydrogens (tertiary/aromatic N) is 2. The smallest absolute Gasteiger partial charge is 0.251 e. The Morgan fingerprint density at radius 3 is 2.48 bits per heavy atom. The van der Waals surface area contributed by atoms with Crippen LogP contribution in [-0.2, 0) is 23.3 Å². The second-order valence-corrected chi connectivity index (χ2v) is 7.43. The Bertz CT molecular complexity index is 1010. The summed E-state index contributed by atoms with van der Waals surface area (Å²) in [5.74, 6) is 1.12. The Morgan fingerprint density at radius 2 is 1.84 bits per heavy atom. The van der Waals surface area contributed by atoms with E-state index >= 15 is 0 Å². The molecule has 31 heavy (non-hydrogen) atoms. The molecule has 0 bridgehead atoms. The van der Waals surface area contributed by atoms with Crippen molar-refractivity contribution in [1.82, 2.24) is 15.5 Å². The number of nitrogens with one attached hydrogen (secondary N) is 1. The second kappa shape index (κ2) is 9.26. The lowest BCUT2D eigenvalue weighted by Crippen LogP contribution is -2.49. The molecule has 162 valence electrons. The van der Waals surface area contributed by atoms with Crippen LogP contribution in [0.25, 0.3) is 0 Å². The largest absolute Gasteiger partial charge is 0.485 e. The van der Waals surface area contributed by atoms with Crippen LogP contribution in [0, 0.1) is 5.82 Å². The molecular weight excluding hydrogens is 401 g/mol. The topological polar surface area (TPSA) is 86.5 Å². The molecule has 0 aliphatic carbocycles. The van der Waals surface area contributed by atoms with Gasteiger partial charge in [0.15, 0.2) is 6.61 Å². The molecule has 0 spiro atoms. The number of ether oxygens (including phenoxy) is 2. The summed E-state index contributed by atoms with van der Waals surface area (Å²) in [6.07, 6.45) is 1.91. The number of halogens is 1. The summed E-state index contributed by atoms with van der Waals surface area (Å²) >= 11 is 0. The van der Waals surface area contributed by atoms with Crippen molar-refractivity contribution in [2.24, 2.45) is 0 Å². The molecule has 0 saturated carbocycles. The highest BCUT2D eigenvalue weighted by Gasteiger charge is 2.36. The molecule has 1 N–H and O–H groups in total. The third kappa shape index (κ3) is 4.91. The predicted molar refractivity (Wildman–Crippen MR) is 110 cm³/mol. The number of hydrogen-bond acceptors (Lipinski definition) is 6. The Labute approximate surface area is 179 Å². The molecule has 1 aliphatic rings. The van der Waals surface area contributed by atoms with Gasteiger partial charge in [-0.15, -0.1) is 0 Å². The third-order valence-corrected chi connectivity index (χ3v) is 5.39. The van der Waals surface area contributed by atoms with Crippen molar-refractivity contribution in [3.05, 3.63) is 77.2 Å². The summed E-state index contributed by atoms with van der Waals surface area (Å²) in [7, 11) is 0. The van der Waals surface area contributed by atoms with Crippen molar-refractivity contribution in [3.63, 3.8) is 0 Å². The van der Waals surface area contributed by atoms with Crippen LogP contribution >= 0.6 is 0 Å². The van der Waals surface area contributed by atoms with Gasteiger partial charge in [0.2, 0.25) is 11.7 Å². The molecule has 1 aliphatic heterocycles. The summed E-state index contributed by atoms with van der Waals surface area (Å²) in [6, 6.07) is 13.1. The average molecular weight is 425 g/mol. The van der Waals surface area contributed by atoms with Crippen molar-refractivity contribution in [2.45, 2.75) is 38.3 Å². The number of aromatic nitrogens is 2. The first-order chi connectivity index (χ1) is 15.1. The van der Waals surface area contributed by atoms with Gasteiger partial charge in [0, 0.05) is 25.2 Å². The Hall–Kier alpha value is -3.26. The number of rotatable bonds is 7. The van der Waals surface area contributed by atoms with Crippen LogP contribution < -0.4 is 10.1 Å². The van der Waals surface area contributed by atoms with E-state index in [1.54, 1.807) is 36.4 Å². The number of hydrogen-bond donors (Lipinski definition) is 1. The summed E-state index contributed by atoms with van der Waals surface area (Å²) in [5, 5.41) is 7.00. The van der Waals surface area contributed by atoms with E-state index in [0.717, 1.165) is 5.56 Å². The SMILES string of the molecule is CCc1nc(COc2ccc(C(=O)NC3(c4ccc(F)cc4)CCOCC3)cc2)no1. The highest BCUT2D eigenvalue weighted by Crippen LogP contribution is 2.32. The predicted octanol–water partition coefficient (Wildman–Crippen LogP) is 3.79. The molecule has 8 heteroatoms. The maximum absolute atomic E-state index is 13.4.